The fourth-order valence-electron chi connectivity index (χ4n) is 2.19. The number of aliphatic hydroxyl groups excluding tert-OH is 1. The summed E-state index contributed by atoms with van der Waals surface area (Å²) in [6.45, 7) is 5.65. The lowest BCUT2D eigenvalue weighted by Gasteiger charge is -2.17. The zero-order valence-corrected chi connectivity index (χ0v) is 13.8. The molecule has 1 atom stereocenters. The molecule has 21 heavy (non-hydrogen) atoms. The Bertz CT molecular complexity index is 639. The highest BCUT2D eigenvalue weighted by atomic mass is 79.9. The van der Waals surface area contributed by atoms with Crippen molar-refractivity contribution in [2.24, 2.45) is 0 Å². The lowest BCUT2D eigenvalue weighted by molar-refractivity contribution is 0.190. The van der Waals surface area contributed by atoms with Crippen molar-refractivity contribution in [3.63, 3.8) is 0 Å². The molecule has 2 nitrogen and oxygen atoms in total. The van der Waals surface area contributed by atoms with Gasteiger partial charge in [0.1, 0.15) is 17.3 Å². The van der Waals surface area contributed by atoms with Crippen molar-refractivity contribution in [3.8, 4) is 11.5 Å². The molecule has 0 saturated heterocycles. The summed E-state index contributed by atoms with van der Waals surface area (Å²) in [7, 11) is 0. The van der Waals surface area contributed by atoms with E-state index in [2.05, 4.69) is 29.8 Å². The van der Waals surface area contributed by atoms with Crippen molar-refractivity contribution in [2.75, 3.05) is 0 Å². The molecule has 0 aliphatic heterocycles. The zero-order valence-electron chi connectivity index (χ0n) is 12.2. The van der Waals surface area contributed by atoms with E-state index < -0.39 is 11.9 Å². The van der Waals surface area contributed by atoms with Crippen LogP contribution in [0, 0.1) is 5.82 Å². The summed E-state index contributed by atoms with van der Waals surface area (Å²) in [6.07, 6.45) is -0.931. The summed E-state index contributed by atoms with van der Waals surface area (Å²) < 4.78 is 20.7. The standard InChI is InChI=1S/C17H18BrFO2/c1-10(2)13-9-12(18)7-8-15(13)21-16-6-4-5-14(19)17(16)11(3)20/h4-11,20H,1-3H3/t11-/m1/s1. The van der Waals surface area contributed by atoms with Crippen LogP contribution in [-0.4, -0.2) is 5.11 Å². The minimum Gasteiger partial charge on any atom is -0.457 e. The minimum absolute atomic E-state index is 0.176. The molecule has 0 unspecified atom stereocenters. The van der Waals surface area contributed by atoms with Gasteiger partial charge in [0.2, 0.25) is 0 Å². The quantitative estimate of drug-likeness (QED) is 0.780. The van der Waals surface area contributed by atoms with Crippen LogP contribution in [-0.2, 0) is 0 Å². The Morgan fingerprint density at radius 2 is 1.81 bits per heavy atom. The minimum atomic E-state index is -0.931. The van der Waals surface area contributed by atoms with Gasteiger partial charge in [-0.15, -0.1) is 0 Å². The molecule has 0 saturated carbocycles. The third kappa shape index (κ3) is 3.63. The van der Waals surface area contributed by atoms with Crippen LogP contribution in [0.1, 0.15) is 43.9 Å². The van der Waals surface area contributed by atoms with E-state index in [1.807, 2.05) is 18.2 Å². The molecule has 0 aliphatic rings. The van der Waals surface area contributed by atoms with Crippen LogP contribution in [0.15, 0.2) is 40.9 Å². The van der Waals surface area contributed by atoms with Crippen LogP contribution in [0.4, 0.5) is 4.39 Å². The van der Waals surface area contributed by atoms with Gasteiger partial charge in [0.15, 0.2) is 0 Å². The summed E-state index contributed by atoms with van der Waals surface area (Å²) >= 11 is 3.44. The Balaban J connectivity index is 2.46. The molecule has 0 bridgehead atoms. The Labute approximate surface area is 132 Å². The van der Waals surface area contributed by atoms with Crippen molar-refractivity contribution in [1.82, 2.24) is 0 Å². The summed E-state index contributed by atoms with van der Waals surface area (Å²) in [5.41, 5.74) is 1.19. The normalized spacial score (nSPS) is 12.5. The van der Waals surface area contributed by atoms with Crippen molar-refractivity contribution in [3.05, 3.63) is 57.8 Å². The Morgan fingerprint density at radius 1 is 1.10 bits per heavy atom. The van der Waals surface area contributed by atoms with Gasteiger partial charge in [0, 0.05) is 4.47 Å². The van der Waals surface area contributed by atoms with Gasteiger partial charge in [-0.1, -0.05) is 35.8 Å². The van der Waals surface area contributed by atoms with Gasteiger partial charge in [-0.25, -0.2) is 4.39 Å². The largest absolute Gasteiger partial charge is 0.457 e. The number of aliphatic hydroxyl groups is 1. The Hall–Kier alpha value is -1.39. The predicted octanol–water partition coefficient (Wildman–Crippen LogP) is 5.56. The first-order chi connectivity index (χ1) is 9.90. The maximum Gasteiger partial charge on any atom is 0.136 e. The average molecular weight is 353 g/mol. The van der Waals surface area contributed by atoms with Crippen molar-refractivity contribution in [2.45, 2.75) is 32.8 Å². The van der Waals surface area contributed by atoms with Crippen LogP contribution in [0.2, 0.25) is 0 Å². The molecule has 0 fully saturated rings. The summed E-state index contributed by atoms with van der Waals surface area (Å²) in [4.78, 5) is 0. The monoisotopic (exact) mass is 352 g/mol. The van der Waals surface area contributed by atoms with Gasteiger partial charge in [0.25, 0.3) is 0 Å². The molecule has 0 radical (unpaired) electrons. The molecule has 2 rings (SSSR count). The molecule has 0 heterocycles. The predicted molar refractivity (Wildman–Crippen MR) is 85.3 cm³/mol. The Morgan fingerprint density at radius 3 is 2.43 bits per heavy atom. The summed E-state index contributed by atoms with van der Waals surface area (Å²) in [5.74, 6) is 0.807. The molecule has 1 N–H and O–H groups in total. The van der Waals surface area contributed by atoms with E-state index >= 15 is 0 Å². The van der Waals surface area contributed by atoms with Gasteiger partial charge in [-0.2, -0.15) is 0 Å². The first-order valence-corrected chi connectivity index (χ1v) is 7.63. The van der Waals surface area contributed by atoms with Crippen LogP contribution in [0.5, 0.6) is 11.5 Å². The van der Waals surface area contributed by atoms with Crippen LogP contribution >= 0.6 is 15.9 Å². The molecular formula is C17H18BrFO2. The first-order valence-electron chi connectivity index (χ1n) is 6.84. The molecule has 2 aromatic carbocycles. The number of ether oxygens (including phenoxy) is 1. The van der Waals surface area contributed by atoms with Crippen LogP contribution < -0.4 is 4.74 Å². The molecule has 0 spiro atoms. The molecule has 0 amide bonds. The molecule has 0 aliphatic carbocycles. The van der Waals surface area contributed by atoms with Gasteiger partial charge in [0.05, 0.1) is 11.7 Å². The maximum absolute atomic E-state index is 13.9. The van der Waals surface area contributed by atoms with E-state index in [-0.39, 0.29) is 11.5 Å². The topological polar surface area (TPSA) is 29.5 Å². The fraction of sp³-hybridized carbons (Fsp3) is 0.294. The Kier molecular flexibility index (Phi) is 5.01. The fourth-order valence-corrected chi connectivity index (χ4v) is 2.57. The highest BCUT2D eigenvalue weighted by Crippen LogP contribution is 2.36. The van der Waals surface area contributed by atoms with Gasteiger partial charge in [-0.3, -0.25) is 0 Å². The lowest BCUT2D eigenvalue weighted by Crippen LogP contribution is -2.01. The summed E-state index contributed by atoms with van der Waals surface area (Å²) in [5, 5.41) is 9.76. The van der Waals surface area contributed by atoms with E-state index in [1.165, 1.54) is 13.0 Å². The number of hydrogen-bond acceptors (Lipinski definition) is 2. The molecule has 4 heteroatoms. The number of halogens is 2. The average Bonchev–Trinajstić information content (AvgIpc) is 2.40. The van der Waals surface area contributed by atoms with Crippen molar-refractivity contribution < 1.29 is 14.2 Å². The first kappa shape index (κ1) is 16.0. The van der Waals surface area contributed by atoms with E-state index in [0.29, 0.717) is 11.5 Å². The highest BCUT2D eigenvalue weighted by molar-refractivity contribution is 9.10. The zero-order chi connectivity index (χ0) is 15.6. The number of hydrogen-bond donors (Lipinski definition) is 1. The second kappa shape index (κ2) is 6.58. The van der Waals surface area contributed by atoms with E-state index in [0.717, 1.165) is 10.0 Å². The van der Waals surface area contributed by atoms with Gasteiger partial charge < -0.3 is 9.84 Å². The van der Waals surface area contributed by atoms with E-state index in [1.54, 1.807) is 12.1 Å². The van der Waals surface area contributed by atoms with Gasteiger partial charge in [-0.05, 0) is 48.7 Å². The molecule has 2 aromatic rings. The van der Waals surface area contributed by atoms with E-state index in [4.69, 9.17) is 4.74 Å². The molecular weight excluding hydrogens is 335 g/mol. The molecule has 0 aromatic heterocycles. The third-order valence-electron chi connectivity index (χ3n) is 3.24. The number of benzene rings is 2. The third-order valence-corrected chi connectivity index (χ3v) is 3.74. The SMILES string of the molecule is CC(C)c1cc(Br)ccc1Oc1cccc(F)c1[C@@H](C)O. The van der Waals surface area contributed by atoms with Crippen LogP contribution in [0.25, 0.3) is 0 Å². The lowest BCUT2D eigenvalue weighted by atomic mass is 10.0. The molecule has 112 valence electrons. The summed E-state index contributed by atoms with van der Waals surface area (Å²) in [6, 6.07) is 10.3. The maximum atomic E-state index is 13.9. The van der Waals surface area contributed by atoms with Crippen molar-refractivity contribution in [1.29, 1.82) is 0 Å². The van der Waals surface area contributed by atoms with Crippen molar-refractivity contribution >= 4 is 15.9 Å². The van der Waals surface area contributed by atoms with E-state index in [9.17, 15) is 9.50 Å². The smallest absolute Gasteiger partial charge is 0.136 e. The van der Waals surface area contributed by atoms with Crippen LogP contribution in [0.3, 0.4) is 0 Å². The number of rotatable bonds is 4. The highest BCUT2D eigenvalue weighted by Gasteiger charge is 2.17. The second-order valence-corrected chi connectivity index (χ2v) is 6.18. The second-order valence-electron chi connectivity index (χ2n) is 5.27. The van der Waals surface area contributed by atoms with Gasteiger partial charge >= 0.3 is 0 Å².